The zero-order valence-electron chi connectivity index (χ0n) is 14.7. The second kappa shape index (κ2) is 6.65. The number of nitrogens with one attached hydrogen (secondary N) is 1. The summed E-state index contributed by atoms with van der Waals surface area (Å²) in [6.45, 7) is 6.09. The van der Waals surface area contributed by atoms with Crippen molar-refractivity contribution in [3.05, 3.63) is 29.2 Å². The highest BCUT2D eigenvalue weighted by Gasteiger charge is 2.47. The number of esters is 1. The van der Waals surface area contributed by atoms with Gasteiger partial charge in [-0.05, 0) is 20.8 Å². The van der Waals surface area contributed by atoms with Crippen LogP contribution in [0.4, 0.5) is 19.0 Å². The predicted octanol–water partition coefficient (Wildman–Crippen LogP) is 3.24. The molecule has 0 saturated heterocycles. The normalized spacial score (nSPS) is 19.8. The van der Waals surface area contributed by atoms with Crippen molar-refractivity contribution >= 4 is 11.8 Å². The molecule has 2 atom stereocenters. The maximum atomic E-state index is 13.6. The third kappa shape index (κ3) is 3.04. The summed E-state index contributed by atoms with van der Waals surface area (Å²) < 4.78 is 48.3. The average molecular weight is 371 g/mol. The van der Waals surface area contributed by atoms with Crippen LogP contribution in [0.15, 0.2) is 12.4 Å². The van der Waals surface area contributed by atoms with Crippen molar-refractivity contribution in [1.29, 1.82) is 0 Å². The minimum Gasteiger partial charge on any atom is -0.462 e. The fourth-order valence-corrected chi connectivity index (χ4v) is 3.25. The van der Waals surface area contributed by atoms with Crippen LogP contribution in [-0.4, -0.2) is 38.3 Å². The topological polar surface area (TPSA) is 74.0 Å². The average Bonchev–Trinajstić information content (AvgIpc) is 3.16. The highest BCUT2D eigenvalue weighted by Crippen LogP contribution is 2.44. The molecule has 0 fully saturated rings. The lowest BCUT2D eigenvalue weighted by atomic mass is 9.97. The van der Waals surface area contributed by atoms with E-state index in [2.05, 4.69) is 15.5 Å². The number of rotatable bonds is 4. The van der Waals surface area contributed by atoms with Crippen molar-refractivity contribution in [2.75, 3.05) is 11.9 Å². The van der Waals surface area contributed by atoms with E-state index in [0.717, 1.165) is 16.6 Å². The summed E-state index contributed by atoms with van der Waals surface area (Å²) in [7, 11) is 0. The van der Waals surface area contributed by atoms with E-state index in [9.17, 15) is 18.0 Å². The lowest BCUT2D eigenvalue weighted by Crippen LogP contribution is -2.36. The van der Waals surface area contributed by atoms with Gasteiger partial charge in [0.15, 0.2) is 6.04 Å². The van der Waals surface area contributed by atoms with E-state index in [1.807, 2.05) is 13.8 Å². The lowest BCUT2D eigenvalue weighted by molar-refractivity contribution is -0.173. The smallest absolute Gasteiger partial charge is 0.410 e. The van der Waals surface area contributed by atoms with Crippen LogP contribution in [0.5, 0.6) is 0 Å². The van der Waals surface area contributed by atoms with E-state index in [0.29, 0.717) is 12.1 Å². The van der Waals surface area contributed by atoms with Crippen LogP contribution in [0.25, 0.3) is 0 Å². The van der Waals surface area contributed by atoms with Crippen molar-refractivity contribution < 1.29 is 22.7 Å². The van der Waals surface area contributed by atoms with Gasteiger partial charge < -0.3 is 10.1 Å². The van der Waals surface area contributed by atoms with Gasteiger partial charge in [-0.2, -0.15) is 23.4 Å². The first-order valence-corrected chi connectivity index (χ1v) is 8.38. The second-order valence-corrected chi connectivity index (χ2v) is 6.06. The molecule has 0 saturated carbocycles. The van der Waals surface area contributed by atoms with Crippen LogP contribution < -0.4 is 5.32 Å². The van der Waals surface area contributed by atoms with Gasteiger partial charge in [0.1, 0.15) is 11.4 Å². The minimum atomic E-state index is -4.50. The molecule has 1 aliphatic rings. The number of carbonyl (C=O) groups excluding carboxylic acids is 1. The van der Waals surface area contributed by atoms with E-state index < -0.39 is 24.2 Å². The lowest BCUT2D eigenvalue weighted by Gasteiger charge is -2.33. The molecule has 26 heavy (non-hydrogen) atoms. The fourth-order valence-electron chi connectivity index (χ4n) is 3.25. The Morgan fingerprint density at radius 1 is 1.35 bits per heavy atom. The molecule has 0 spiro atoms. The number of nitrogens with zero attached hydrogens (tertiary/aromatic N) is 4. The third-order valence-corrected chi connectivity index (χ3v) is 4.55. The van der Waals surface area contributed by atoms with Crippen LogP contribution in [0.2, 0.25) is 0 Å². The maximum absolute atomic E-state index is 13.6. The minimum absolute atomic E-state index is 0.00802. The predicted molar refractivity (Wildman–Crippen MR) is 86.9 cm³/mol. The van der Waals surface area contributed by atoms with Crippen LogP contribution in [-0.2, 0) is 11.3 Å². The van der Waals surface area contributed by atoms with Crippen molar-refractivity contribution in [2.24, 2.45) is 0 Å². The molecule has 1 aliphatic heterocycles. The van der Waals surface area contributed by atoms with Gasteiger partial charge >= 0.3 is 12.1 Å². The number of aryl methyl sites for hydroxylation is 1. The first-order chi connectivity index (χ1) is 12.3. The Kier molecular flexibility index (Phi) is 4.68. The molecule has 0 unspecified atom stereocenters. The maximum Gasteiger partial charge on any atom is 0.410 e. The van der Waals surface area contributed by atoms with Crippen molar-refractivity contribution in [3.8, 4) is 0 Å². The standard InChI is InChI=1S/C16H20F3N5O2/c1-4-23-9(3)10(7-20-23)12-6-13(16(17,18)19)24-14(22-12)11(8-21-24)15(25)26-5-2/h7-8,12-13,22H,4-6H2,1-3H3/t12-,13+/m0/s1. The molecule has 0 radical (unpaired) electrons. The highest BCUT2D eigenvalue weighted by molar-refractivity contribution is 5.94. The van der Waals surface area contributed by atoms with Gasteiger partial charge in [0, 0.05) is 24.2 Å². The third-order valence-electron chi connectivity index (χ3n) is 4.55. The van der Waals surface area contributed by atoms with Crippen LogP contribution in [0.3, 0.4) is 0 Å². The summed E-state index contributed by atoms with van der Waals surface area (Å²) >= 11 is 0. The van der Waals surface area contributed by atoms with E-state index in [4.69, 9.17) is 4.74 Å². The van der Waals surface area contributed by atoms with Crippen LogP contribution >= 0.6 is 0 Å². The number of hydrogen-bond acceptors (Lipinski definition) is 5. The number of fused-ring (bicyclic) bond motifs is 1. The molecule has 0 bridgehead atoms. The number of hydrogen-bond donors (Lipinski definition) is 1. The zero-order valence-corrected chi connectivity index (χ0v) is 14.7. The van der Waals surface area contributed by atoms with Gasteiger partial charge in [-0.3, -0.25) is 4.68 Å². The molecule has 0 aliphatic carbocycles. The number of carbonyl (C=O) groups is 1. The Morgan fingerprint density at radius 2 is 2.08 bits per heavy atom. The summed E-state index contributed by atoms with van der Waals surface area (Å²) in [5, 5.41) is 11.0. The molecule has 1 N–H and O–H groups in total. The Bertz CT molecular complexity index is 811. The molecule has 142 valence electrons. The van der Waals surface area contributed by atoms with Gasteiger partial charge in [0.05, 0.1) is 25.0 Å². The van der Waals surface area contributed by atoms with Gasteiger partial charge in [-0.25, -0.2) is 9.48 Å². The molecular formula is C16H20F3N5O2. The number of anilines is 1. The molecule has 2 aromatic rings. The number of ether oxygens (including phenoxy) is 1. The van der Waals surface area contributed by atoms with Crippen molar-refractivity contribution in [3.63, 3.8) is 0 Å². The quantitative estimate of drug-likeness (QED) is 0.836. The molecule has 7 nitrogen and oxygen atoms in total. The molecule has 0 amide bonds. The molecular weight excluding hydrogens is 351 g/mol. The first kappa shape index (κ1) is 18.3. The molecule has 3 rings (SSSR count). The fraction of sp³-hybridized carbons (Fsp3) is 0.562. The summed E-state index contributed by atoms with van der Waals surface area (Å²) in [5.41, 5.74) is 1.45. The molecule has 2 aromatic heterocycles. The van der Waals surface area contributed by atoms with E-state index >= 15 is 0 Å². The summed E-state index contributed by atoms with van der Waals surface area (Å²) in [6, 6.07) is -2.48. The Morgan fingerprint density at radius 3 is 2.65 bits per heavy atom. The highest BCUT2D eigenvalue weighted by atomic mass is 19.4. The second-order valence-electron chi connectivity index (χ2n) is 6.06. The number of alkyl halides is 3. The summed E-state index contributed by atoms with van der Waals surface area (Å²) in [4.78, 5) is 12.1. The summed E-state index contributed by atoms with van der Waals surface area (Å²) in [6.07, 6.45) is -2.05. The molecule has 3 heterocycles. The van der Waals surface area contributed by atoms with Crippen molar-refractivity contribution in [1.82, 2.24) is 19.6 Å². The van der Waals surface area contributed by atoms with Gasteiger partial charge in [0.25, 0.3) is 0 Å². The SMILES string of the molecule is CCOC(=O)c1cnn2c1N[C@H](c1cnn(CC)c1C)C[C@@H]2C(F)(F)F. The van der Waals surface area contributed by atoms with E-state index in [1.165, 1.54) is 0 Å². The van der Waals surface area contributed by atoms with Crippen LogP contribution in [0, 0.1) is 6.92 Å². The Hall–Kier alpha value is -2.52. The van der Waals surface area contributed by atoms with Crippen molar-refractivity contribution in [2.45, 2.75) is 52.0 Å². The number of aromatic nitrogens is 4. The number of halogens is 3. The summed E-state index contributed by atoms with van der Waals surface area (Å²) in [5.74, 6) is -0.686. The zero-order chi connectivity index (χ0) is 19.1. The van der Waals surface area contributed by atoms with E-state index in [-0.39, 0.29) is 24.4 Å². The van der Waals surface area contributed by atoms with Crippen LogP contribution in [0.1, 0.15) is 54.0 Å². The largest absolute Gasteiger partial charge is 0.462 e. The van der Waals surface area contributed by atoms with Gasteiger partial charge in [0.2, 0.25) is 0 Å². The Labute approximate surface area is 148 Å². The van der Waals surface area contributed by atoms with Gasteiger partial charge in [-0.15, -0.1) is 0 Å². The van der Waals surface area contributed by atoms with E-state index in [1.54, 1.807) is 17.8 Å². The molecule has 0 aromatic carbocycles. The van der Waals surface area contributed by atoms with Gasteiger partial charge in [-0.1, -0.05) is 0 Å². The molecule has 10 heteroatoms. The Balaban J connectivity index is 2.04. The first-order valence-electron chi connectivity index (χ1n) is 8.38. The monoisotopic (exact) mass is 371 g/mol.